The molecule has 1 aliphatic rings. The zero-order chi connectivity index (χ0) is 15.0. The fourth-order valence-corrected chi connectivity index (χ4v) is 2.60. The number of carbonyl (C=O) groups excluding carboxylic acids is 1. The Balaban J connectivity index is 1.78. The van der Waals surface area contributed by atoms with Crippen LogP contribution in [-0.4, -0.2) is 55.8 Å². The molecule has 0 radical (unpaired) electrons. The van der Waals surface area contributed by atoms with Gasteiger partial charge in [0, 0.05) is 12.7 Å². The van der Waals surface area contributed by atoms with Crippen molar-refractivity contribution < 1.29 is 9.90 Å². The maximum Gasteiger partial charge on any atom is 0.357 e. The standard InChI is InChI=1S/C14H18N4O3/c1-10-5-7-16(8-11(10)19)9-13(20)18-14(21)17-6-3-2-4-12(17)15-18/h2-4,6,10-11,19H,5,7-9H2,1H3. The number of aliphatic hydroxyl groups excluding tert-OH is 1. The molecule has 0 amide bonds. The average molecular weight is 290 g/mol. The van der Waals surface area contributed by atoms with Gasteiger partial charge in [-0.1, -0.05) is 13.0 Å². The lowest BCUT2D eigenvalue weighted by Crippen LogP contribution is -2.46. The fourth-order valence-electron chi connectivity index (χ4n) is 2.60. The van der Waals surface area contributed by atoms with E-state index in [2.05, 4.69) is 5.10 Å². The smallest absolute Gasteiger partial charge is 0.357 e. The zero-order valence-corrected chi connectivity index (χ0v) is 11.8. The van der Waals surface area contributed by atoms with Gasteiger partial charge in [-0.3, -0.25) is 9.69 Å². The van der Waals surface area contributed by atoms with E-state index in [9.17, 15) is 14.7 Å². The molecule has 2 aromatic rings. The van der Waals surface area contributed by atoms with E-state index < -0.39 is 11.8 Å². The number of carbonyl (C=O) groups is 1. The van der Waals surface area contributed by atoms with E-state index in [1.807, 2.05) is 11.8 Å². The molecule has 0 aliphatic carbocycles. The molecule has 0 saturated carbocycles. The molecule has 3 heterocycles. The van der Waals surface area contributed by atoms with Crippen molar-refractivity contribution >= 4 is 11.6 Å². The minimum atomic E-state index is -0.457. The topological polar surface area (TPSA) is 79.8 Å². The van der Waals surface area contributed by atoms with Crippen LogP contribution in [0, 0.1) is 5.92 Å². The van der Waals surface area contributed by atoms with E-state index in [1.54, 1.807) is 24.4 Å². The van der Waals surface area contributed by atoms with E-state index in [4.69, 9.17) is 0 Å². The van der Waals surface area contributed by atoms with Gasteiger partial charge >= 0.3 is 5.69 Å². The highest BCUT2D eigenvalue weighted by molar-refractivity contribution is 5.80. The number of β-amino-alcohol motifs (C(OH)–C–C–N with tert-alkyl or cyclic N) is 1. The largest absolute Gasteiger partial charge is 0.392 e. The molecule has 0 aromatic carbocycles. The summed E-state index contributed by atoms with van der Waals surface area (Å²) in [7, 11) is 0. The molecule has 1 aliphatic heterocycles. The Bertz CT molecular complexity index is 720. The number of nitrogens with zero attached hydrogens (tertiary/aromatic N) is 4. The van der Waals surface area contributed by atoms with Crippen molar-refractivity contribution in [2.75, 3.05) is 19.6 Å². The van der Waals surface area contributed by atoms with Crippen molar-refractivity contribution in [1.29, 1.82) is 0 Å². The first-order valence-corrected chi connectivity index (χ1v) is 7.06. The minimum Gasteiger partial charge on any atom is -0.392 e. The molecule has 2 atom stereocenters. The Morgan fingerprint density at radius 3 is 3.00 bits per heavy atom. The molecule has 0 bridgehead atoms. The molecule has 2 unspecified atom stereocenters. The van der Waals surface area contributed by atoms with Gasteiger partial charge in [0.1, 0.15) is 0 Å². The third-order valence-electron chi connectivity index (χ3n) is 4.03. The SMILES string of the molecule is CC1CCN(CC(=O)n2nc3ccccn3c2=O)CC1O. The summed E-state index contributed by atoms with van der Waals surface area (Å²) in [6.45, 7) is 3.28. The summed E-state index contributed by atoms with van der Waals surface area (Å²) >= 11 is 0. The zero-order valence-electron chi connectivity index (χ0n) is 11.8. The van der Waals surface area contributed by atoms with Gasteiger partial charge < -0.3 is 5.11 Å². The van der Waals surface area contributed by atoms with Crippen molar-refractivity contribution in [2.24, 2.45) is 5.92 Å². The van der Waals surface area contributed by atoms with Gasteiger partial charge in [0.05, 0.1) is 12.6 Å². The van der Waals surface area contributed by atoms with Gasteiger partial charge in [-0.05, 0) is 31.0 Å². The highest BCUT2D eigenvalue weighted by atomic mass is 16.3. The Labute approximate surface area is 121 Å². The van der Waals surface area contributed by atoms with E-state index in [0.717, 1.165) is 17.6 Å². The number of hydrogen-bond donors (Lipinski definition) is 1. The van der Waals surface area contributed by atoms with Crippen LogP contribution < -0.4 is 5.69 Å². The van der Waals surface area contributed by atoms with Crippen LogP contribution >= 0.6 is 0 Å². The van der Waals surface area contributed by atoms with E-state index in [-0.39, 0.29) is 18.4 Å². The third-order valence-corrected chi connectivity index (χ3v) is 4.03. The second-order valence-electron chi connectivity index (χ2n) is 5.59. The number of likely N-dealkylation sites (tertiary alicyclic amines) is 1. The Hall–Kier alpha value is -1.99. The fraction of sp³-hybridized carbons (Fsp3) is 0.500. The van der Waals surface area contributed by atoms with Crippen molar-refractivity contribution in [3.8, 4) is 0 Å². The quantitative estimate of drug-likeness (QED) is 0.831. The lowest BCUT2D eigenvalue weighted by Gasteiger charge is -2.33. The van der Waals surface area contributed by atoms with Gasteiger partial charge in [0.25, 0.3) is 5.91 Å². The summed E-state index contributed by atoms with van der Waals surface area (Å²) in [5.41, 5.74) is -0.00956. The van der Waals surface area contributed by atoms with Gasteiger partial charge in [-0.2, -0.15) is 0 Å². The first-order valence-electron chi connectivity index (χ1n) is 7.06. The third kappa shape index (κ3) is 2.62. The first-order chi connectivity index (χ1) is 10.1. The number of hydrogen-bond acceptors (Lipinski definition) is 5. The second-order valence-corrected chi connectivity index (χ2v) is 5.59. The number of aliphatic hydroxyl groups is 1. The number of fused-ring (bicyclic) bond motifs is 1. The second kappa shape index (κ2) is 5.42. The molecule has 7 nitrogen and oxygen atoms in total. The Kier molecular flexibility index (Phi) is 3.60. The van der Waals surface area contributed by atoms with Crippen LogP contribution in [0.25, 0.3) is 5.65 Å². The molecule has 1 fully saturated rings. The molecule has 0 spiro atoms. The molecular formula is C14H18N4O3. The van der Waals surface area contributed by atoms with Crippen LogP contribution in [0.4, 0.5) is 0 Å². The van der Waals surface area contributed by atoms with Crippen molar-refractivity contribution in [1.82, 2.24) is 19.1 Å². The lowest BCUT2D eigenvalue weighted by molar-refractivity contribution is 0.0273. The number of pyridine rings is 1. The highest BCUT2D eigenvalue weighted by Crippen LogP contribution is 2.16. The summed E-state index contributed by atoms with van der Waals surface area (Å²) in [6, 6.07) is 5.16. The van der Waals surface area contributed by atoms with Crippen LogP contribution in [0.3, 0.4) is 0 Å². The monoisotopic (exact) mass is 290 g/mol. The molecule has 2 aromatic heterocycles. The molecule has 112 valence electrons. The normalized spacial score (nSPS) is 23.5. The molecule has 1 N–H and O–H groups in total. The number of rotatable bonds is 2. The van der Waals surface area contributed by atoms with Gasteiger partial charge in [0.15, 0.2) is 5.65 Å². The molecule has 7 heteroatoms. The van der Waals surface area contributed by atoms with Crippen LogP contribution in [0.5, 0.6) is 0 Å². The summed E-state index contributed by atoms with van der Waals surface area (Å²) in [5, 5.41) is 13.9. The maximum absolute atomic E-state index is 12.3. The molecule has 3 rings (SSSR count). The van der Waals surface area contributed by atoms with Crippen LogP contribution in [0.15, 0.2) is 29.2 Å². The van der Waals surface area contributed by atoms with Crippen molar-refractivity contribution in [2.45, 2.75) is 19.4 Å². The van der Waals surface area contributed by atoms with E-state index in [0.29, 0.717) is 12.2 Å². The summed E-state index contributed by atoms with van der Waals surface area (Å²) < 4.78 is 2.24. The van der Waals surface area contributed by atoms with Gasteiger partial charge in [0.2, 0.25) is 0 Å². The Morgan fingerprint density at radius 2 is 2.29 bits per heavy atom. The maximum atomic E-state index is 12.3. The summed E-state index contributed by atoms with van der Waals surface area (Å²) in [4.78, 5) is 26.2. The van der Waals surface area contributed by atoms with Crippen LogP contribution in [-0.2, 0) is 0 Å². The van der Waals surface area contributed by atoms with Gasteiger partial charge in [-0.15, -0.1) is 9.78 Å². The average Bonchev–Trinajstić information content (AvgIpc) is 2.81. The predicted molar refractivity (Wildman–Crippen MR) is 76.3 cm³/mol. The van der Waals surface area contributed by atoms with Crippen molar-refractivity contribution in [3.63, 3.8) is 0 Å². The molecular weight excluding hydrogens is 272 g/mol. The van der Waals surface area contributed by atoms with Gasteiger partial charge in [-0.25, -0.2) is 9.20 Å². The van der Waals surface area contributed by atoms with E-state index >= 15 is 0 Å². The molecule has 21 heavy (non-hydrogen) atoms. The number of aromatic nitrogens is 3. The Morgan fingerprint density at radius 1 is 1.48 bits per heavy atom. The summed E-state index contributed by atoms with van der Waals surface area (Å²) in [5.74, 6) is -0.125. The van der Waals surface area contributed by atoms with E-state index in [1.165, 1.54) is 4.40 Å². The van der Waals surface area contributed by atoms with Crippen LogP contribution in [0.2, 0.25) is 0 Å². The predicted octanol–water partition coefficient (Wildman–Crippen LogP) is -0.161. The number of piperidine rings is 1. The highest BCUT2D eigenvalue weighted by Gasteiger charge is 2.26. The van der Waals surface area contributed by atoms with Crippen molar-refractivity contribution in [3.05, 3.63) is 34.9 Å². The molecule has 1 saturated heterocycles. The lowest BCUT2D eigenvalue weighted by atomic mass is 9.96. The minimum absolute atomic E-state index is 0.0908. The summed E-state index contributed by atoms with van der Waals surface area (Å²) in [6.07, 6.45) is 2.00. The first kappa shape index (κ1) is 14.0. The van der Waals surface area contributed by atoms with Crippen LogP contribution in [0.1, 0.15) is 18.1 Å².